The number of anilines is 1. The van der Waals surface area contributed by atoms with Crippen molar-refractivity contribution in [2.45, 2.75) is 25.8 Å². The molecule has 0 aromatic heterocycles. The summed E-state index contributed by atoms with van der Waals surface area (Å²) in [5.41, 5.74) is -0.517. The van der Waals surface area contributed by atoms with Gasteiger partial charge in [-0.1, -0.05) is 11.6 Å². The Balaban J connectivity index is 2.07. The van der Waals surface area contributed by atoms with Crippen LogP contribution in [0, 0.1) is 0 Å². The Bertz CT molecular complexity index is 564. The molecule has 0 radical (unpaired) electrons. The quantitative estimate of drug-likeness (QED) is 0.838. The van der Waals surface area contributed by atoms with Crippen LogP contribution < -0.4 is 15.4 Å². The highest BCUT2D eigenvalue weighted by Gasteiger charge is 2.41. The molecule has 1 saturated heterocycles. The SMILES string of the molecule is CCOc1cc(Cl)ccc1NC(=O)NC1(C)CCOC1=O. The smallest absolute Gasteiger partial charge is 0.331 e. The van der Waals surface area contributed by atoms with Crippen molar-refractivity contribution in [3.05, 3.63) is 23.2 Å². The molecule has 1 heterocycles. The number of halogens is 1. The number of ether oxygens (including phenoxy) is 2. The molecule has 1 atom stereocenters. The fraction of sp³-hybridized carbons (Fsp3) is 0.429. The van der Waals surface area contributed by atoms with Gasteiger partial charge in [0.1, 0.15) is 11.3 Å². The van der Waals surface area contributed by atoms with Gasteiger partial charge in [-0.05, 0) is 26.0 Å². The third kappa shape index (κ3) is 3.58. The first kappa shape index (κ1) is 15.4. The van der Waals surface area contributed by atoms with Crippen LogP contribution in [-0.4, -0.2) is 30.8 Å². The molecule has 2 rings (SSSR count). The number of esters is 1. The molecule has 2 N–H and O–H groups in total. The summed E-state index contributed by atoms with van der Waals surface area (Å²) in [5, 5.41) is 5.79. The number of hydrogen-bond acceptors (Lipinski definition) is 4. The minimum Gasteiger partial charge on any atom is -0.492 e. The van der Waals surface area contributed by atoms with Crippen LogP contribution in [0.3, 0.4) is 0 Å². The van der Waals surface area contributed by atoms with Crippen LogP contribution in [0.15, 0.2) is 18.2 Å². The molecule has 7 heteroatoms. The van der Waals surface area contributed by atoms with Gasteiger partial charge in [0, 0.05) is 17.5 Å². The highest BCUT2D eigenvalue weighted by Crippen LogP contribution is 2.28. The molecule has 114 valence electrons. The van der Waals surface area contributed by atoms with E-state index in [0.29, 0.717) is 36.1 Å². The number of cyclic esters (lactones) is 1. The van der Waals surface area contributed by atoms with Gasteiger partial charge in [-0.15, -0.1) is 0 Å². The van der Waals surface area contributed by atoms with Gasteiger partial charge in [0.2, 0.25) is 0 Å². The van der Waals surface area contributed by atoms with Crippen molar-refractivity contribution in [1.82, 2.24) is 5.32 Å². The van der Waals surface area contributed by atoms with Crippen molar-refractivity contribution >= 4 is 29.3 Å². The maximum absolute atomic E-state index is 12.0. The van der Waals surface area contributed by atoms with Gasteiger partial charge in [-0.3, -0.25) is 0 Å². The Morgan fingerprint density at radius 1 is 1.52 bits per heavy atom. The summed E-state index contributed by atoms with van der Waals surface area (Å²) >= 11 is 5.90. The molecule has 1 aliphatic heterocycles. The maximum atomic E-state index is 12.0. The number of rotatable bonds is 4. The lowest BCUT2D eigenvalue weighted by atomic mass is 10.0. The van der Waals surface area contributed by atoms with E-state index in [2.05, 4.69) is 10.6 Å². The monoisotopic (exact) mass is 312 g/mol. The second-order valence-corrected chi connectivity index (χ2v) is 5.31. The van der Waals surface area contributed by atoms with Crippen molar-refractivity contribution < 1.29 is 19.1 Å². The van der Waals surface area contributed by atoms with Crippen LogP contribution in [0.5, 0.6) is 5.75 Å². The summed E-state index contributed by atoms with van der Waals surface area (Å²) in [6.07, 6.45) is 0.443. The first-order valence-electron chi connectivity index (χ1n) is 6.63. The predicted octanol–water partition coefficient (Wildman–Crippen LogP) is 2.57. The minimum absolute atomic E-state index is 0.306. The van der Waals surface area contributed by atoms with Crippen molar-refractivity contribution in [2.75, 3.05) is 18.5 Å². The van der Waals surface area contributed by atoms with Crippen molar-refractivity contribution in [1.29, 1.82) is 0 Å². The van der Waals surface area contributed by atoms with Crippen molar-refractivity contribution in [2.24, 2.45) is 0 Å². The van der Waals surface area contributed by atoms with E-state index in [9.17, 15) is 9.59 Å². The Hall–Kier alpha value is -1.95. The summed E-state index contributed by atoms with van der Waals surface area (Å²) in [4.78, 5) is 23.6. The van der Waals surface area contributed by atoms with E-state index in [1.165, 1.54) is 0 Å². The van der Waals surface area contributed by atoms with Gasteiger partial charge in [-0.2, -0.15) is 0 Å². The molecule has 0 aliphatic carbocycles. The molecule has 1 aromatic carbocycles. The predicted molar refractivity (Wildman–Crippen MR) is 78.8 cm³/mol. The molecule has 2 amide bonds. The lowest BCUT2D eigenvalue weighted by Gasteiger charge is -2.21. The van der Waals surface area contributed by atoms with Gasteiger partial charge in [0.15, 0.2) is 0 Å². The zero-order chi connectivity index (χ0) is 15.5. The standard InChI is InChI=1S/C14H17ClN2O4/c1-3-20-11-8-9(15)4-5-10(11)16-13(19)17-14(2)6-7-21-12(14)18/h4-5,8H,3,6-7H2,1-2H3,(H2,16,17,19). The van der Waals surface area contributed by atoms with Gasteiger partial charge in [-0.25, -0.2) is 9.59 Å². The van der Waals surface area contributed by atoms with E-state index >= 15 is 0 Å². The van der Waals surface area contributed by atoms with E-state index in [1.54, 1.807) is 25.1 Å². The number of urea groups is 1. The van der Waals surface area contributed by atoms with E-state index in [-0.39, 0.29) is 0 Å². The molecule has 1 fully saturated rings. The second kappa shape index (κ2) is 6.22. The van der Waals surface area contributed by atoms with E-state index in [4.69, 9.17) is 21.1 Å². The van der Waals surface area contributed by atoms with Crippen molar-refractivity contribution in [3.63, 3.8) is 0 Å². The third-order valence-electron chi connectivity index (χ3n) is 3.17. The average Bonchev–Trinajstić information content (AvgIpc) is 2.73. The lowest BCUT2D eigenvalue weighted by molar-refractivity contribution is -0.142. The van der Waals surface area contributed by atoms with E-state index in [0.717, 1.165) is 0 Å². The average molecular weight is 313 g/mol. The van der Waals surface area contributed by atoms with Crippen LogP contribution in [0.25, 0.3) is 0 Å². The molecule has 1 unspecified atom stereocenters. The third-order valence-corrected chi connectivity index (χ3v) is 3.40. The van der Waals surface area contributed by atoms with Crippen LogP contribution in [0.1, 0.15) is 20.3 Å². The Morgan fingerprint density at radius 3 is 2.90 bits per heavy atom. The molecule has 0 spiro atoms. The number of carbonyl (C=O) groups excluding carboxylic acids is 2. The zero-order valence-corrected chi connectivity index (χ0v) is 12.6. The lowest BCUT2D eigenvalue weighted by Crippen LogP contribution is -2.51. The van der Waals surface area contributed by atoms with Gasteiger partial charge >= 0.3 is 12.0 Å². The maximum Gasteiger partial charge on any atom is 0.331 e. The fourth-order valence-corrected chi connectivity index (χ4v) is 2.16. The summed E-state index contributed by atoms with van der Waals surface area (Å²) in [6.45, 7) is 4.22. The van der Waals surface area contributed by atoms with E-state index in [1.807, 2.05) is 6.92 Å². The molecular weight excluding hydrogens is 296 g/mol. The van der Waals surface area contributed by atoms with Crippen LogP contribution in [-0.2, 0) is 9.53 Å². The highest BCUT2D eigenvalue weighted by atomic mass is 35.5. The second-order valence-electron chi connectivity index (χ2n) is 4.87. The molecule has 21 heavy (non-hydrogen) atoms. The summed E-state index contributed by atoms with van der Waals surface area (Å²) in [6, 6.07) is 4.40. The first-order chi connectivity index (χ1) is 9.94. The van der Waals surface area contributed by atoms with Gasteiger partial charge < -0.3 is 20.1 Å². The number of benzene rings is 1. The Labute approximate surface area is 127 Å². The molecule has 1 aliphatic rings. The Kier molecular flexibility index (Phi) is 4.57. The summed E-state index contributed by atoms with van der Waals surface area (Å²) in [5.74, 6) is 0.0399. The van der Waals surface area contributed by atoms with Crippen LogP contribution in [0.4, 0.5) is 10.5 Å². The first-order valence-corrected chi connectivity index (χ1v) is 7.01. The minimum atomic E-state index is -0.998. The number of carbonyl (C=O) groups is 2. The Morgan fingerprint density at radius 2 is 2.29 bits per heavy atom. The van der Waals surface area contributed by atoms with Crippen LogP contribution in [0.2, 0.25) is 5.02 Å². The number of amides is 2. The number of nitrogens with one attached hydrogen (secondary N) is 2. The molecular formula is C14H17ClN2O4. The van der Waals surface area contributed by atoms with Gasteiger partial charge in [0.05, 0.1) is 18.9 Å². The van der Waals surface area contributed by atoms with Crippen LogP contribution >= 0.6 is 11.6 Å². The largest absolute Gasteiger partial charge is 0.492 e. The topological polar surface area (TPSA) is 76.7 Å². The summed E-state index contributed by atoms with van der Waals surface area (Å²) in [7, 11) is 0. The fourth-order valence-electron chi connectivity index (χ4n) is 2.00. The number of hydrogen-bond donors (Lipinski definition) is 2. The van der Waals surface area contributed by atoms with Gasteiger partial charge in [0.25, 0.3) is 0 Å². The summed E-state index contributed by atoms with van der Waals surface area (Å²) < 4.78 is 10.3. The zero-order valence-electron chi connectivity index (χ0n) is 11.9. The molecule has 0 saturated carbocycles. The molecule has 0 bridgehead atoms. The van der Waals surface area contributed by atoms with E-state index < -0.39 is 17.5 Å². The molecule has 1 aromatic rings. The molecule has 6 nitrogen and oxygen atoms in total. The van der Waals surface area contributed by atoms with Crippen molar-refractivity contribution in [3.8, 4) is 5.75 Å². The highest BCUT2D eigenvalue weighted by molar-refractivity contribution is 6.30. The normalized spacial score (nSPS) is 20.8.